The molecule has 3 atom stereocenters. The highest BCUT2D eigenvalue weighted by Crippen LogP contribution is 2.33. The van der Waals surface area contributed by atoms with Crippen LogP contribution in [0.4, 0.5) is 0 Å². The molecule has 9 nitrogen and oxygen atoms in total. The van der Waals surface area contributed by atoms with Crippen molar-refractivity contribution < 1.29 is 38.7 Å². The summed E-state index contributed by atoms with van der Waals surface area (Å²) in [4.78, 5) is 12.7. The number of rotatable bonds is 6. The monoisotopic (exact) mass is 430 g/mol. The molecule has 0 saturated carbocycles. The lowest BCUT2D eigenvalue weighted by Crippen LogP contribution is -2.48. The van der Waals surface area contributed by atoms with Gasteiger partial charge in [0.2, 0.25) is 6.29 Å². The van der Waals surface area contributed by atoms with E-state index in [0.29, 0.717) is 39.5 Å². The van der Waals surface area contributed by atoms with E-state index in [1.165, 1.54) is 20.3 Å². The van der Waals surface area contributed by atoms with Crippen molar-refractivity contribution in [3.63, 3.8) is 0 Å². The molecule has 1 saturated heterocycles. The molecule has 1 fully saturated rings. The summed E-state index contributed by atoms with van der Waals surface area (Å²) < 4.78 is 27.2. The summed E-state index contributed by atoms with van der Waals surface area (Å²) in [5.74, 6) is 1.55. The summed E-state index contributed by atoms with van der Waals surface area (Å²) in [5, 5.41) is 29.6. The molecule has 3 aromatic rings. The van der Waals surface area contributed by atoms with Gasteiger partial charge in [-0.2, -0.15) is 0 Å². The second-order valence-corrected chi connectivity index (χ2v) is 7.21. The maximum atomic E-state index is 12.7. The zero-order chi connectivity index (χ0) is 22.2. The van der Waals surface area contributed by atoms with Crippen molar-refractivity contribution in [2.75, 3.05) is 27.4 Å². The zero-order valence-electron chi connectivity index (χ0n) is 16.9. The first-order valence-corrected chi connectivity index (χ1v) is 9.48. The van der Waals surface area contributed by atoms with Gasteiger partial charge in [0.1, 0.15) is 45.7 Å². The molecule has 0 aliphatic carbocycles. The minimum Gasteiger partial charge on any atom is -0.496 e. The SMILES string of the molecule is COc1cc(OC)c2c(=O)cc(-c3ccc(O[C@@H]4OC[C@](O)(CO)C4O)cc3)oc2c1. The molecule has 1 aliphatic heterocycles. The average molecular weight is 430 g/mol. The van der Waals surface area contributed by atoms with Crippen molar-refractivity contribution in [1.29, 1.82) is 0 Å². The third kappa shape index (κ3) is 3.84. The number of benzene rings is 2. The minimum atomic E-state index is -1.76. The highest BCUT2D eigenvalue weighted by Gasteiger charge is 2.49. The first-order chi connectivity index (χ1) is 14.9. The third-order valence-electron chi connectivity index (χ3n) is 5.19. The Morgan fingerprint density at radius 2 is 1.84 bits per heavy atom. The van der Waals surface area contributed by atoms with Crippen LogP contribution in [0.2, 0.25) is 0 Å². The Kier molecular flexibility index (Phi) is 5.59. The Labute approximate surface area is 177 Å². The lowest BCUT2D eigenvalue weighted by molar-refractivity contribution is -0.115. The predicted molar refractivity (Wildman–Crippen MR) is 109 cm³/mol. The molecular weight excluding hydrogens is 408 g/mol. The number of hydrogen-bond acceptors (Lipinski definition) is 9. The number of fused-ring (bicyclic) bond motifs is 1. The van der Waals surface area contributed by atoms with E-state index in [-0.39, 0.29) is 12.0 Å². The van der Waals surface area contributed by atoms with Crippen LogP contribution in [0, 0.1) is 0 Å². The molecule has 0 radical (unpaired) electrons. The minimum absolute atomic E-state index is 0.247. The molecule has 0 bridgehead atoms. The Bertz CT molecular complexity index is 1140. The highest BCUT2D eigenvalue weighted by atomic mass is 16.7. The first kappa shape index (κ1) is 21.1. The van der Waals surface area contributed by atoms with Crippen LogP contribution in [0.3, 0.4) is 0 Å². The van der Waals surface area contributed by atoms with Gasteiger partial charge in [0, 0.05) is 23.8 Å². The van der Waals surface area contributed by atoms with E-state index in [1.807, 2.05) is 0 Å². The average Bonchev–Trinajstić information content (AvgIpc) is 3.07. The van der Waals surface area contributed by atoms with Crippen LogP contribution in [-0.4, -0.2) is 60.7 Å². The van der Waals surface area contributed by atoms with Gasteiger partial charge in [0.05, 0.1) is 27.4 Å². The van der Waals surface area contributed by atoms with Crippen molar-refractivity contribution in [3.8, 4) is 28.6 Å². The molecule has 3 N–H and O–H groups in total. The lowest BCUT2D eigenvalue weighted by Gasteiger charge is -2.23. The fourth-order valence-electron chi connectivity index (χ4n) is 3.38. The molecule has 9 heteroatoms. The molecule has 1 aromatic heterocycles. The second kappa shape index (κ2) is 8.20. The van der Waals surface area contributed by atoms with Gasteiger partial charge in [-0.25, -0.2) is 0 Å². The number of methoxy groups -OCH3 is 2. The number of ether oxygens (including phenoxy) is 4. The van der Waals surface area contributed by atoms with Crippen LogP contribution in [0.15, 0.2) is 51.7 Å². The van der Waals surface area contributed by atoms with Crippen LogP contribution in [0.1, 0.15) is 0 Å². The molecule has 1 unspecified atom stereocenters. The van der Waals surface area contributed by atoms with Crippen LogP contribution in [0.5, 0.6) is 17.2 Å². The number of hydrogen-bond donors (Lipinski definition) is 3. The summed E-state index contributed by atoms with van der Waals surface area (Å²) >= 11 is 0. The molecule has 0 spiro atoms. The van der Waals surface area contributed by atoms with Crippen molar-refractivity contribution in [2.24, 2.45) is 0 Å². The molecule has 31 heavy (non-hydrogen) atoms. The van der Waals surface area contributed by atoms with Crippen molar-refractivity contribution in [1.82, 2.24) is 0 Å². The van der Waals surface area contributed by atoms with Gasteiger partial charge in [-0.05, 0) is 24.3 Å². The van der Waals surface area contributed by atoms with Crippen LogP contribution >= 0.6 is 0 Å². The molecule has 1 aliphatic rings. The Hall–Kier alpha value is -3.11. The fourth-order valence-corrected chi connectivity index (χ4v) is 3.38. The van der Waals surface area contributed by atoms with Gasteiger partial charge in [0.25, 0.3) is 0 Å². The summed E-state index contributed by atoms with van der Waals surface area (Å²) in [5.41, 5.74) is -1.08. The van der Waals surface area contributed by atoms with Gasteiger partial charge < -0.3 is 38.7 Å². The Morgan fingerprint density at radius 1 is 1.10 bits per heavy atom. The van der Waals surface area contributed by atoms with E-state index in [4.69, 9.17) is 23.4 Å². The number of aliphatic hydroxyl groups is 3. The van der Waals surface area contributed by atoms with E-state index in [9.17, 15) is 20.1 Å². The molecule has 4 rings (SSSR count). The smallest absolute Gasteiger partial charge is 0.229 e. The quantitative estimate of drug-likeness (QED) is 0.530. The Balaban J connectivity index is 1.61. The maximum absolute atomic E-state index is 12.7. The summed E-state index contributed by atoms with van der Waals surface area (Å²) in [6.45, 7) is -0.897. The van der Waals surface area contributed by atoms with Gasteiger partial charge in [-0.15, -0.1) is 0 Å². The summed E-state index contributed by atoms with van der Waals surface area (Å²) in [6, 6.07) is 11.2. The Morgan fingerprint density at radius 3 is 2.45 bits per heavy atom. The molecule has 2 heterocycles. The number of aliphatic hydroxyl groups excluding tert-OH is 2. The normalized spacial score (nSPS) is 23.1. The molecular formula is C22H22O9. The van der Waals surface area contributed by atoms with E-state index < -0.39 is 24.6 Å². The predicted octanol–water partition coefficient (Wildman–Crippen LogP) is 1.30. The van der Waals surface area contributed by atoms with E-state index in [1.54, 1.807) is 36.4 Å². The van der Waals surface area contributed by atoms with Crippen molar-refractivity contribution in [2.45, 2.75) is 18.0 Å². The third-order valence-corrected chi connectivity index (χ3v) is 5.19. The zero-order valence-corrected chi connectivity index (χ0v) is 16.9. The van der Waals surface area contributed by atoms with Gasteiger partial charge >= 0.3 is 0 Å². The van der Waals surface area contributed by atoms with Gasteiger partial charge in [-0.1, -0.05) is 0 Å². The first-order valence-electron chi connectivity index (χ1n) is 9.48. The fraction of sp³-hybridized carbons (Fsp3) is 0.318. The summed E-state index contributed by atoms with van der Waals surface area (Å²) in [6.07, 6.45) is -2.53. The maximum Gasteiger partial charge on any atom is 0.229 e. The summed E-state index contributed by atoms with van der Waals surface area (Å²) in [7, 11) is 2.97. The lowest BCUT2D eigenvalue weighted by atomic mass is 10.0. The van der Waals surface area contributed by atoms with E-state index in [0.717, 1.165) is 0 Å². The van der Waals surface area contributed by atoms with Crippen LogP contribution < -0.4 is 19.6 Å². The van der Waals surface area contributed by atoms with Crippen LogP contribution in [-0.2, 0) is 4.74 Å². The van der Waals surface area contributed by atoms with Crippen molar-refractivity contribution in [3.05, 3.63) is 52.7 Å². The largest absolute Gasteiger partial charge is 0.496 e. The standard InChI is InChI=1S/C22H22O9/c1-27-14-7-17(28-2)19-15(24)9-16(31-18(19)8-14)12-3-5-13(6-4-12)30-21-20(25)22(26,10-23)11-29-21/h3-9,20-21,23,25-26H,10-11H2,1-2H3/t20?,21-,22+/m0/s1. The molecule has 0 amide bonds. The highest BCUT2D eigenvalue weighted by molar-refractivity contribution is 5.86. The van der Waals surface area contributed by atoms with Crippen LogP contribution in [0.25, 0.3) is 22.3 Å². The van der Waals surface area contributed by atoms with Crippen molar-refractivity contribution >= 4 is 11.0 Å². The second-order valence-electron chi connectivity index (χ2n) is 7.21. The molecule has 2 aromatic carbocycles. The topological polar surface area (TPSA) is 128 Å². The van der Waals surface area contributed by atoms with Gasteiger partial charge in [-0.3, -0.25) is 4.79 Å². The molecule has 164 valence electrons. The van der Waals surface area contributed by atoms with E-state index >= 15 is 0 Å². The van der Waals surface area contributed by atoms with Gasteiger partial charge in [0.15, 0.2) is 5.43 Å². The van der Waals surface area contributed by atoms with E-state index in [2.05, 4.69) is 0 Å².